The van der Waals surface area contributed by atoms with Gasteiger partial charge >= 0.3 is 0 Å². The minimum Gasteiger partial charge on any atom is -0.324 e. The van der Waals surface area contributed by atoms with E-state index in [1.807, 2.05) is 18.2 Å². The van der Waals surface area contributed by atoms with Gasteiger partial charge in [-0.1, -0.05) is 30.3 Å². The number of rotatable bonds is 3. The van der Waals surface area contributed by atoms with Crippen LogP contribution in [0.3, 0.4) is 0 Å². The minimum atomic E-state index is -0.225. The molecule has 0 amide bonds. The smallest absolute Gasteiger partial charge is 0.0964 e. The summed E-state index contributed by atoms with van der Waals surface area (Å²) in [6.07, 6.45) is 1.73. The van der Waals surface area contributed by atoms with E-state index >= 15 is 0 Å². The van der Waals surface area contributed by atoms with Crippen LogP contribution in [0.2, 0.25) is 0 Å². The molecule has 2 nitrogen and oxygen atoms in total. The molecule has 3 aliphatic rings. The van der Waals surface area contributed by atoms with Crippen LogP contribution in [0.5, 0.6) is 0 Å². The summed E-state index contributed by atoms with van der Waals surface area (Å²) in [4.78, 5) is 2.31. The number of benzene rings is 1. The molecule has 17 heavy (non-hydrogen) atoms. The first-order valence-corrected chi connectivity index (χ1v) is 6.24. The standard InChI is InChI=1S/C14H19FN2/c15-9-13-7-14(16,8-13)11-17(10-13)6-12-4-2-1-3-5-12/h1-5H,6-11,16H2. The van der Waals surface area contributed by atoms with Crippen LogP contribution < -0.4 is 5.73 Å². The van der Waals surface area contributed by atoms with Gasteiger partial charge in [0.05, 0.1) is 6.67 Å². The first-order chi connectivity index (χ1) is 8.13. The molecule has 0 radical (unpaired) electrons. The van der Waals surface area contributed by atoms with Gasteiger partial charge in [0, 0.05) is 30.6 Å². The quantitative estimate of drug-likeness (QED) is 0.866. The van der Waals surface area contributed by atoms with Crippen LogP contribution in [-0.4, -0.2) is 30.2 Å². The van der Waals surface area contributed by atoms with Crippen LogP contribution in [0.15, 0.2) is 30.3 Å². The Balaban J connectivity index is 1.70. The lowest BCUT2D eigenvalue weighted by atomic mass is 9.55. The molecule has 1 aliphatic carbocycles. The number of hydrogen-bond donors (Lipinski definition) is 1. The molecule has 0 spiro atoms. The van der Waals surface area contributed by atoms with E-state index in [0.29, 0.717) is 0 Å². The number of alkyl halides is 1. The van der Waals surface area contributed by atoms with Crippen molar-refractivity contribution in [3.63, 3.8) is 0 Å². The van der Waals surface area contributed by atoms with Crippen molar-refractivity contribution in [1.29, 1.82) is 0 Å². The average molecular weight is 234 g/mol. The lowest BCUT2D eigenvalue weighted by molar-refractivity contribution is -0.0947. The van der Waals surface area contributed by atoms with E-state index in [1.54, 1.807) is 0 Å². The second-order valence-corrected chi connectivity index (χ2v) is 5.98. The normalized spacial score (nSPS) is 36.6. The van der Waals surface area contributed by atoms with Crippen molar-refractivity contribution in [2.24, 2.45) is 11.1 Å². The van der Waals surface area contributed by atoms with Gasteiger partial charge in [-0.2, -0.15) is 0 Å². The van der Waals surface area contributed by atoms with Crippen molar-refractivity contribution in [3.8, 4) is 0 Å². The minimum absolute atomic E-state index is 0.126. The van der Waals surface area contributed by atoms with Gasteiger partial charge < -0.3 is 5.73 Å². The molecule has 2 aliphatic heterocycles. The van der Waals surface area contributed by atoms with E-state index in [0.717, 1.165) is 32.5 Å². The summed E-state index contributed by atoms with van der Waals surface area (Å²) >= 11 is 0. The van der Waals surface area contributed by atoms with Crippen LogP contribution in [-0.2, 0) is 6.54 Å². The highest BCUT2D eigenvalue weighted by Crippen LogP contribution is 2.52. The Bertz CT molecular complexity index is 398. The summed E-state index contributed by atoms with van der Waals surface area (Å²) in [5.74, 6) is 0. The van der Waals surface area contributed by atoms with Gasteiger partial charge in [-0.3, -0.25) is 9.29 Å². The Labute approximate surface area is 102 Å². The molecule has 0 unspecified atom stereocenters. The van der Waals surface area contributed by atoms with Gasteiger partial charge in [0.1, 0.15) is 0 Å². The van der Waals surface area contributed by atoms with Crippen molar-refractivity contribution >= 4 is 0 Å². The predicted molar refractivity (Wildman–Crippen MR) is 66.3 cm³/mol. The van der Waals surface area contributed by atoms with Gasteiger partial charge in [0.25, 0.3) is 0 Å². The van der Waals surface area contributed by atoms with E-state index in [4.69, 9.17) is 5.73 Å². The second-order valence-electron chi connectivity index (χ2n) is 5.98. The molecule has 4 rings (SSSR count). The Morgan fingerprint density at radius 3 is 2.53 bits per heavy atom. The van der Waals surface area contributed by atoms with Crippen molar-refractivity contribution in [2.75, 3.05) is 19.8 Å². The topological polar surface area (TPSA) is 29.3 Å². The molecular weight excluding hydrogens is 215 g/mol. The van der Waals surface area contributed by atoms with Gasteiger partial charge in [-0.15, -0.1) is 0 Å². The van der Waals surface area contributed by atoms with Crippen molar-refractivity contribution in [2.45, 2.75) is 24.9 Å². The van der Waals surface area contributed by atoms with E-state index in [-0.39, 0.29) is 17.6 Å². The van der Waals surface area contributed by atoms with Crippen molar-refractivity contribution < 1.29 is 4.39 Å². The molecule has 1 aromatic rings. The molecule has 2 saturated heterocycles. The molecule has 92 valence electrons. The summed E-state index contributed by atoms with van der Waals surface area (Å²) in [6.45, 7) is 2.43. The monoisotopic (exact) mass is 234 g/mol. The zero-order valence-electron chi connectivity index (χ0n) is 10.0. The number of fused-ring (bicyclic) bond motifs is 2. The van der Waals surface area contributed by atoms with Crippen molar-refractivity contribution in [3.05, 3.63) is 35.9 Å². The molecule has 2 heterocycles. The van der Waals surface area contributed by atoms with E-state index in [9.17, 15) is 4.39 Å². The summed E-state index contributed by atoms with van der Waals surface area (Å²) in [7, 11) is 0. The van der Waals surface area contributed by atoms with Crippen LogP contribution in [0.25, 0.3) is 0 Å². The first-order valence-electron chi connectivity index (χ1n) is 6.24. The fourth-order valence-electron chi connectivity index (χ4n) is 3.73. The highest BCUT2D eigenvalue weighted by molar-refractivity contribution is 5.18. The van der Waals surface area contributed by atoms with E-state index < -0.39 is 0 Å². The average Bonchev–Trinajstić information content (AvgIpc) is 2.28. The molecule has 1 aromatic carbocycles. The molecule has 1 saturated carbocycles. The summed E-state index contributed by atoms with van der Waals surface area (Å²) in [6, 6.07) is 10.3. The molecular formula is C14H19FN2. The van der Waals surface area contributed by atoms with Crippen LogP contribution in [0.1, 0.15) is 18.4 Å². The van der Waals surface area contributed by atoms with Gasteiger partial charge in [-0.05, 0) is 18.4 Å². The third-order valence-corrected chi connectivity index (χ3v) is 4.08. The van der Waals surface area contributed by atoms with Crippen LogP contribution in [0, 0.1) is 5.41 Å². The summed E-state index contributed by atoms with van der Waals surface area (Å²) in [5, 5.41) is 0. The zero-order chi connectivity index (χ0) is 11.9. The number of halogens is 1. The highest BCUT2D eigenvalue weighted by atomic mass is 19.1. The first kappa shape index (κ1) is 11.2. The van der Waals surface area contributed by atoms with E-state index in [1.165, 1.54) is 5.56 Å². The zero-order valence-corrected chi connectivity index (χ0v) is 10.0. The van der Waals surface area contributed by atoms with Gasteiger partial charge in [0.15, 0.2) is 0 Å². The molecule has 0 aromatic heterocycles. The number of piperidine rings is 2. The molecule has 3 fully saturated rings. The number of nitrogens with two attached hydrogens (primary N) is 1. The van der Waals surface area contributed by atoms with Crippen LogP contribution in [0.4, 0.5) is 4.39 Å². The predicted octanol–water partition coefficient (Wildman–Crippen LogP) is 1.95. The Morgan fingerprint density at radius 1 is 1.18 bits per heavy atom. The summed E-state index contributed by atoms with van der Waals surface area (Å²) < 4.78 is 13.1. The molecule has 0 atom stereocenters. The fraction of sp³-hybridized carbons (Fsp3) is 0.571. The van der Waals surface area contributed by atoms with Crippen molar-refractivity contribution in [1.82, 2.24) is 4.90 Å². The lowest BCUT2D eigenvalue weighted by Crippen LogP contribution is -2.71. The second kappa shape index (κ2) is 3.79. The number of hydrogen-bond acceptors (Lipinski definition) is 2. The van der Waals surface area contributed by atoms with E-state index in [2.05, 4.69) is 17.0 Å². The largest absolute Gasteiger partial charge is 0.324 e. The SMILES string of the molecule is NC12CN(Cc3ccccc3)CC(CF)(C1)C2. The maximum absolute atomic E-state index is 13.1. The molecule has 2 bridgehead atoms. The third kappa shape index (κ3) is 1.98. The molecule has 3 heteroatoms. The van der Waals surface area contributed by atoms with Gasteiger partial charge in [-0.25, -0.2) is 0 Å². The summed E-state index contributed by atoms with van der Waals surface area (Å²) in [5.41, 5.74) is 7.26. The molecule has 2 N–H and O–H groups in total. The maximum Gasteiger partial charge on any atom is 0.0964 e. The number of nitrogens with zero attached hydrogens (tertiary/aromatic N) is 1. The Kier molecular flexibility index (Phi) is 2.49. The Morgan fingerprint density at radius 2 is 1.88 bits per heavy atom. The third-order valence-electron chi connectivity index (χ3n) is 4.08. The fourth-order valence-corrected chi connectivity index (χ4v) is 3.73. The van der Waals surface area contributed by atoms with Gasteiger partial charge in [0.2, 0.25) is 0 Å². The lowest BCUT2D eigenvalue weighted by Gasteiger charge is -2.61. The maximum atomic E-state index is 13.1. The highest BCUT2D eigenvalue weighted by Gasteiger charge is 2.57. The Hall–Kier alpha value is -0.930. The van der Waals surface area contributed by atoms with Crippen LogP contribution >= 0.6 is 0 Å².